The number of fused-ring (bicyclic) bond motifs is 7. The van der Waals surface area contributed by atoms with Crippen LogP contribution in [0.3, 0.4) is 0 Å². The molecule has 0 radical (unpaired) electrons. The first-order chi connectivity index (χ1) is 36.7. The third kappa shape index (κ3) is 7.54. The molecule has 0 saturated carbocycles. The molecule has 0 saturated heterocycles. The van der Waals surface area contributed by atoms with Crippen LogP contribution < -0.4 is 0 Å². The topological polar surface area (TPSA) is 48.5 Å². The van der Waals surface area contributed by atoms with E-state index in [1.165, 1.54) is 22.3 Å². The highest BCUT2D eigenvalue weighted by Crippen LogP contribution is 2.43. The van der Waals surface area contributed by atoms with Crippen LogP contribution >= 0.6 is 0 Å². The molecule has 14 aromatic rings. The molecule has 0 bridgehead atoms. The first kappa shape index (κ1) is 42.9. The Morgan fingerprint density at radius 3 is 0.959 bits per heavy atom. The van der Waals surface area contributed by atoms with Crippen molar-refractivity contribution in [2.75, 3.05) is 0 Å². The third-order valence-corrected chi connectivity index (χ3v) is 14.4. The van der Waals surface area contributed by atoms with Crippen LogP contribution in [0, 0.1) is 0 Å². The molecular weight excluding hydrogens is 899 g/mol. The summed E-state index contributed by atoms with van der Waals surface area (Å²) in [5.41, 5.74) is 18.6. The molecule has 0 atom stereocenters. The Bertz CT molecular complexity index is 4250. The summed E-state index contributed by atoms with van der Waals surface area (Å²) in [6.07, 6.45) is 0. The van der Waals surface area contributed by atoms with Gasteiger partial charge in [-0.25, -0.2) is 4.98 Å². The van der Waals surface area contributed by atoms with Gasteiger partial charge in [-0.3, -0.25) is 4.57 Å². The Morgan fingerprint density at radius 1 is 0.216 bits per heavy atom. The van der Waals surface area contributed by atoms with Crippen molar-refractivity contribution in [3.05, 3.63) is 273 Å². The van der Waals surface area contributed by atoms with Crippen LogP contribution in [-0.2, 0) is 0 Å². The lowest BCUT2D eigenvalue weighted by Crippen LogP contribution is -2.07. The van der Waals surface area contributed by atoms with Gasteiger partial charge in [-0.05, 0) is 86.0 Å². The number of nitrogens with zero attached hydrogens (tertiary/aromatic N) is 5. The van der Waals surface area contributed by atoms with E-state index in [1.807, 2.05) is 24.3 Å². The summed E-state index contributed by atoms with van der Waals surface area (Å²) in [7, 11) is 0. The summed E-state index contributed by atoms with van der Waals surface area (Å²) in [5, 5.41) is 4.52. The second-order valence-electron chi connectivity index (χ2n) is 18.8. The fraction of sp³-hybridized carbons (Fsp3) is 0. The van der Waals surface area contributed by atoms with Crippen molar-refractivity contribution in [1.82, 2.24) is 24.1 Å². The van der Waals surface area contributed by atoms with Crippen molar-refractivity contribution >= 4 is 43.6 Å². The maximum absolute atomic E-state index is 5.43. The summed E-state index contributed by atoms with van der Waals surface area (Å²) in [6.45, 7) is 0. The van der Waals surface area contributed by atoms with Crippen molar-refractivity contribution in [2.45, 2.75) is 0 Å². The van der Waals surface area contributed by atoms with Gasteiger partial charge in [0, 0.05) is 38.4 Å². The number of hydrogen-bond donors (Lipinski definition) is 0. The number of benzene rings is 11. The van der Waals surface area contributed by atoms with E-state index in [-0.39, 0.29) is 0 Å². The van der Waals surface area contributed by atoms with Crippen LogP contribution in [0.25, 0.3) is 134 Å². The van der Waals surface area contributed by atoms with Gasteiger partial charge in [0.1, 0.15) is 0 Å². The highest BCUT2D eigenvalue weighted by atomic mass is 15.2. The standard InChI is InChI=1S/C69H45N5/c1-5-17-46(18-6-1)49-29-33-52(34-30-49)56-43-57(53-35-31-50(32-36-53)47-19-7-2-8-20-47)45-58(44-56)73-63-27-15-13-25-59(63)61-41-42-62-60-26-14-16-28-64(60)74(66(62)65(61)73)69-71-67(54-23-11-4-12-24-54)70-68(72-69)55-39-37-51(38-40-55)48-21-9-3-10-22-48/h1-45H. The van der Waals surface area contributed by atoms with Gasteiger partial charge in [-0.2, -0.15) is 9.97 Å². The molecule has 346 valence electrons. The quantitative estimate of drug-likeness (QED) is 0.145. The van der Waals surface area contributed by atoms with E-state index in [1.54, 1.807) is 0 Å². The average molecular weight is 944 g/mol. The van der Waals surface area contributed by atoms with Crippen molar-refractivity contribution in [1.29, 1.82) is 0 Å². The molecule has 0 aliphatic rings. The van der Waals surface area contributed by atoms with Gasteiger partial charge in [0.15, 0.2) is 11.6 Å². The molecule has 0 aliphatic heterocycles. The van der Waals surface area contributed by atoms with Gasteiger partial charge < -0.3 is 4.57 Å². The Labute approximate surface area is 428 Å². The zero-order valence-electron chi connectivity index (χ0n) is 40.2. The van der Waals surface area contributed by atoms with E-state index in [0.717, 1.165) is 93.8 Å². The minimum absolute atomic E-state index is 0.544. The van der Waals surface area contributed by atoms with Gasteiger partial charge in [0.25, 0.3) is 0 Å². The third-order valence-electron chi connectivity index (χ3n) is 14.4. The minimum atomic E-state index is 0.544. The highest BCUT2D eigenvalue weighted by Gasteiger charge is 2.24. The Hall–Kier alpha value is -9.97. The normalized spacial score (nSPS) is 11.5. The SMILES string of the molecule is c1ccc(-c2ccc(-c3cc(-c4ccc(-c5ccccc5)cc4)cc(-n4c5ccccc5c5ccc6c7ccccc7n(-c7nc(-c8ccccc8)nc(-c8ccc(-c9ccccc9)cc8)n7)c6c54)c3)cc2)cc1. The number of aromatic nitrogens is 5. The van der Waals surface area contributed by atoms with Crippen LogP contribution in [0.15, 0.2) is 273 Å². The molecule has 3 aromatic heterocycles. The van der Waals surface area contributed by atoms with Gasteiger partial charge in [0.2, 0.25) is 5.95 Å². The van der Waals surface area contributed by atoms with Crippen molar-refractivity contribution < 1.29 is 0 Å². The molecule has 0 unspecified atom stereocenters. The molecule has 14 rings (SSSR count). The molecule has 11 aromatic carbocycles. The molecule has 3 heterocycles. The smallest absolute Gasteiger partial charge is 0.238 e. The number of rotatable bonds is 9. The molecule has 0 N–H and O–H groups in total. The van der Waals surface area contributed by atoms with Crippen molar-refractivity contribution in [2.24, 2.45) is 0 Å². The van der Waals surface area contributed by atoms with E-state index >= 15 is 0 Å². The lowest BCUT2D eigenvalue weighted by Gasteiger charge is -2.16. The second-order valence-corrected chi connectivity index (χ2v) is 18.8. The maximum atomic E-state index is 5.43. The molecule has 0 fully saturated rings. The molecular formula is C69H45N5. The summed E-state index contributed by atoms with van der Waals surface area (Å²) >= 11 is 0. The van der Waals surface area contributed by atoms with Gasteiger partial charge >= 0.3 is 0 Å². The molecule has 0 amide bonds. The fourth-order valence-corrected chi connectivity index (χ4v) is 10.8. The number of para-hydroxylation sites is 2. The first-order valence-corrected chi connectivity index (χ1v) is 25.1. The molecule has 0 aliphatic carbocycles. The summed E-state index contributed by atoms with van der Waals surface area (Å²) in [6, 6.07) is 97.4. The van der Waals surface area contributed by atoms with E-state index in [4.69, 9.17) is 15.0 Å². The van der Waals surface area contributed by atoms with E-state index < -0.39 is 0 Å². The van der Waals surface area contributed by atoms with E-state index in [2.05, 4.69) is 258 Å². The maximum Gasteiger partial charge on any atom is 0.238 e. The molecule has 5 heteroatoms. The summed E-state index contributed by atoms with van der Waals surface area (Å²) < 4.78 is 4.74. The van der Waals surface area contributed by atoms with Crippen LogP contribution in [0.1, 0.15) is 0 Å². The van der Waals surface area contributed by atoms with Gasteiger partial charge in [-0.1, -0.05) is 243 Å². The lowest BCUT2D eigenvalue weighted by molar-refractivity contribution is 0.953. The van der Waals surface area contributed by atoms with Gasteiger partial charge in [-0.15, -0.1) is 0 Å². The second kappa shape index (κ2) is 18.0. The Kier molecular flexibility index (Phi) is 10.4. The lowest BCUT2D eigenvalue weighted by atomic mass is 9.95. The minimum Gasteiger partial charge on any atom is -0.307 e. The predicted molar refractivity (Wildman–Crippen MR) is 307 cm³/mol. The molecule has 0 spiro atoms. The van der Waals surface area contributed by atoms with Crippen molar-refractivity contribution in [3.63, 3.8) is 0 Å². The zero-order valence-corrected chi connectivity index (χ0v) is 40.2. The van der Waals surface area contributed by atoms with E-state index in [0.29, 0.717) is 17.6 Å². The Morgan fingerprint density at radius 2 is 0.527 bits per heavy atom. The van der Waals surface area contributed by atoms with Crippen LogP contribution in [-0.4, -0.2) is 24.1 Å². The van der Waals surface area contributed by atoms with Crippen LogP contribution in [0.4, 0.5) is 0 Å². The first-order valence-electron chi connectivity index (χ1n) is 25.1. The summed E-state index contributed by atoms with van der Waals surface area (Å²) in [5.74, 6) is 1.74. The fourth-order valence-electron chi connectivity index (χ4n) is 10.8. The average Bonchev–Trinajstić information content (AvgIpc) is 4.02. The number of hydrogen-bond acceptors (Lipinski definition) is 3. The zero-order chi connectivity index (χ0) is 49.0. The van der Waals surface area contributed by atoms with Crippen LogP contribution in [0.5, 0.6) is 0 Å². The van der Waals surface area contributed by atoms with Crippen LogP contribution in [0.2, 0.25) is 0 Å². The highest BCUT2D eigenvalue weighted by molar-refractivity contribution is 6.23. The van der Waals surface area contributed by atoms with E-state index in [9.17, 15) is 0 Å². The van der Waals surface area contributed by atoms with Gasteiger partial charge in [0.05, 0.1) is 22.1 Å². The largest absolute Gasteiger partial charge is 0.307 e. The summed E-state index contributed by atoms with van der Waals surface area (Å²) in [4.78, 5) is 16.0. The Balaban J connectivity index is 1.03. The molecule has 5 nitrogen and oxygen atoms in total. The molecule has 74 heavy (non-hydrogen) atoms. The monoisotopic (exact) mass is 943 g/mol. The predicted octanol–water partition coefficient (Wildman–Crippen LogP) is 17.7. The van der Waals surface area contributed by atoms with Crippen molar-refractivity contribution in [3.8, 4) is 90.0 Å².